The van der Waals surface area contributed by atoms with Gasteiger partial charge in [-0.3, -0.25) is 0 Å². The zero-order valence-electron chi connectivity index (χ0n) is 6.69. The molecule has 4 heteroatoms. The summed E-state index contributed by atoms with van der Waals surface area (Å²) in [7, 11) is 1.67. The molecule has 0 atom stereocenters. The van der Waals surface area contributed by atoms with Crippen molar-refractivity contribution in [3.63, 3.8) is 0 Å². The van der Waals surface area contributed by atoms with E-state index in [4.69, 9.17) is 5.11 Å². The van der Waals surface area contributed by atoms with Gasteiger partial charge in [-0.2, -0.15) is 0 Å². The Morgan fingerprint density at radius 1 is 1.75 bits per heavy atom. The molecule has 0 aliphatic heterocycles. The van der Waals surface area contributed by atoms with Gasteiger partial charge < -0.3 is 5.11 Å². The maximum absolute atomic E-state index is 10.6. The molecule has 0 bridgehead atoms. The first-order chi connectivity index (χ1) is 5.63. The van der Waals surface area contributed by atoms with Gasteiger partial charge >= 0.3 is 5.97 Å². The number of pyridine rings is 1. The van der Waals surface area contributed by atoms with Crippen molar-refractivity contribution in [2.24, 2.45) is 0 Å². The Bertz CT molecular complexity index is 301. The summed E-state index contributed by atoms with van der Waals surface area (Å²) in [5.41, 5.74) is 0.528. The highest BCUT2D eigenvalue weighted by Gasteiger charge is 2.16. The van der Waals surface area contributed by atoms with Gasteiger partial charge in [0.1, 0.15) is 13.8 Å². The fourth-order valence-corrected chi connectivity index (χ4v) is 0.870. The maximum Gasteiger partial charge on any atom is 0.361 e. The number of carboxylic acid groups (broad SMARTS) is 1. The normalized spacial score (nSPS) is 9.42. The molecule has 0 amide bonds. The quantitative estimate of drug-likeness (QED) is 0.519. The Morgan fingerprint density at radius 2 is 2.42 bits per heavy atom. The van der Waals surface area contributed by atoms with Crippen LogP contribution in [-0.4, -0.2) is 34.4 Å². The first kappa shape index (κ1) is 8.39. The monoisotopic (exact) mass is 165 g/mol. The summed E-state index contributed by atoms with van der Waals surface area (Å²) in [6.07, 6.45) is 1.44. The van der Waals surface area contributed by atoms with Crippen LogP contribution in [-0.2, 0) is 0 Å². The predicted molar refractivity (Wildman–Crippen MR) is 44.2 cm³/mol. The van der Waals surface area contributed by atoms with Gasteiger partial charge in [-0.15, -0.1) is 0 Å². The smallest absolute Gasteiger partial charge is 0.361 e. The first-order valence-electron chi connectivity index (χ1n) is 3.35. The van der Waals surface area contributed by atoms with Gasteiger partial charge in [0.25, 0.3) is 0 Å². The largest absolute Gasteiger partial charge is 0.476 e. The zero-order chi connectivity index (χ0) is 9.14. The molecule has 4 nitrogen and oxygen atoms in total. The van der Waals surface area contributed by atoms with Crippen LogP contribution in [0.4, 0.5) is 5.69 Å². The van der Waals surface area contributed by atoms with Crippen LogP contribution in [0, 0.1) is 0 Å². The summed E-state index contributed by atoms with van der Waals surface area (Å²) >= 11 is 0. The second kappa shape index (κ2) is 3.13. The molecule has 1 rings (SSSR count). The minimum absolute atomic E-state index is 0.0231. The van der Waals surface area contributed by atoms with Crippen molar-refractivity contribution in [1.82, 2.24) is 4.98 Å². The lowest BCUT2D eigenvalue weighted by Crippen LogP contribution is -2.06. The van der Waals surface area contributed by atoms with Crippen molar-refractivity contribution in [1.29, 1.82) is 0 Å². The van der Waals surface area contributed by atoms with Crippen LogP contribution in [0.5, 0.6) is 0 Å². The molecular formula is C8H9N2O2+. The van der Waals surface area contributed by atoms with Crippen LogP contribution in [0.25, 0.3) is 0 Å². The second-order valence-corrected chi connectivity index (χ2v) is 2.37. The third-order valence-corrected chi connectivity index (χ3v) is 1.40. The number of carboxylic acids is 1. The molecule has 0 aliphatic rings. The highest BCUT2D eigenvalue weighted by molar-refractivity contribution is 5.89. The number of hydrogen-bond acceptors (Lipinski definition) is 2. The summed E-state index contributed by atoms with van der Waals surface area (Å²) < 4.78 is 1.47. The van der Waals surface area contributed by atoms with E-state index >= 15 is 0 Å². The minimum atomic E-state index is -1.04. The third kappa shape index (κ3) is 1.47. The molecule has 1 N–H and O–H groups in total. The minimum Gasteiger partial charge on any atom is -0.476 e. The zero-order valence-corrected chi connectivity index (χ0v) is 6.69. The van der Waals surface area contributed by atoms with Crippen molar-refractivity contribution in [3.8, 4) is 0 Å². The Morgan fingerprint density at radius 3 is 2.83 bits per heavy atom. The molecule has 62 valence electrons. The van der Waals surface area contributed by atoms with E-state index in [1.807, 2.05) is 0 Å². The van der Waals surface area contributed by atoms with Gasteiger partial charge in [0.15, 0.2) is 0 Å². The lowest BCUT2D eigenvalue weighted by atomic mass is 10.3. The topological polar surface area (TPSA) is 53.2 Å². The number of aromatic carboxylic acids is 1. The van der Waals surface area contributed by atoms with Crippen LogP contribution in [0.15, 0.2) is 18.3 Å². The maximum atomic E-state index is 10.6. The van der Waals surface area contributed by atoms with Crippen LogP contribution in [0.3, 0.4) is 0 Å². The van der Waals surface area contributed by atoms with Crippen molar-refractivity contribution in [2.75, 3.05) is 7.05 Å². The van der Waals surface area contributed by atoms with Crippen LogP contribution in [0.2, 0.25) is 0 Å². The van der Waals surface area contributed by atoms with E-state index in [9.17, 15) is 4.79 Å². The number of nitrogens with zero attached hydrogens (tertiary/aromatic N) is 2. The number of aromatic nitrogens is 1. The van der Waals surface area contributed by atoms with Gasteiger partial charge in [0.2, 0.25) is 11.4 Å². The molecule has 0 saturated heterocycles. The summed E-state index contributed by atoms with van der Waals surface area (Å²) in [5.74, 6) is -1.04. The van der Waals surface area contributed by atoms with Gasteiger partial charge in [-0.05, 0) is 6.07 Å². The highest BCUT2D eigenvalue weighted by atomic mass is 16.4. The first-order valence-corrected chi connectivity index (χ1v) is 3.35. The number of carbonyl (C=O) groups is 1. The van der Waals surface area contributed by atoms with Crippen molar-refractivity contribution < 1.29 is 14.5 Å². The van der Waals surface area contributed by atoms with E-state index in [1.54, 1.807) is 19.2 Å². The predicted octanol–water partition coefficient (Wildman–Crippen LogP) is 0.754. The van der Waals surface area contributed by atoms with E-state index in [0.29, 0.717) is 5.69 Å². The molecule has 0 unspecified atom stereocenters. The summed E-state index contributed by atoms with van der Waals surface area (Å²) in [6.45, 7) is 3.58. The average molecular weight is 165 g/mol. The van der Waals surface area contributed by atoms with E-state index in [1.165, 1.54) is 10.8 Å². The molecule has 1 aromatic heterocycles. The molecule has 12 heavy (non-hydrogen) atoms. The molecule has 0 radical (unpaired) electrons. The Labute approximate surface area is 69.8 Å². The SMILES string of the molecule is C=[N+](C)c1cccnc1C(=O)O. The molecule has 0 aliphatic carbocycles. The Hall–Kier alpha value is -1.71. The van der Waals surface area contributed by atoms with Crippen LogP contribution >= 0.6 is 0 Å². The van der Waals surface area contributed by atoms with Crippen molar-refractivity contribution in [3.05, 3.63) is 24.0 Å². The Kier molecular flexibility index (Phi) is 2.19. The molecule has 1 heterocycles. The summed E-state index contributed by atoms with van der Waals surface area (Å²) in [5, 5.41) is 8.70. The van der Waals surface area contributed by atoms with E-state index in [2.05, 4.69) is 11.7 Å². The lowest BCUT2D eigenvalue weighted by molar-refractivity contribution is -0.395. The van der Waals surface area contributed by atoms with Crippen molar-refractivity contribution >= 4 is 18.4 Å². The van der Waals surface area contributed by atoms with Gasteiger partial charge in [0.05, 0.1) is 0 Å². The average Bonchev–Trinajstić information content (AvgIpc) is 2.04. The number of rotatable bonds is 2. The van der Waals surface area contributed by atoms with E-state index in [-0.39, 0.29) is 5.69 Å². The fourth-order valence-electron chi connectivity index (χ4n) is 0.870. The lowest BCUT2D eigenvalue weighted by Gasteiger charge is -1.96. The van der Waals surface area contributed by atoms with Crippen LogP contribution < -0.4 is 0 Å². The molecule has 0 spiro atoms. The standard InChI is InChI=1S/C8H8N2O2/c1-10(2)6-4-3-5-9-7(6)8(11)12/h3-5H,1H2,2H3/p+1. The van der Waals surface area contributed by atoms with Gasteiger partial charge in [-0.1, -0.05) is 0 Å². The molecule has 1 aromatic rings. The van der Waals surface area contributed by atoms with Crippen molar-refractivity contribution in [2.45, 2.75) is 0 Å². The summed E-state index contributed by atoms with van der Waals surface area (Å²) in [4.78, 5) is 14.3. The molecule has 0 saturated carbocycles. The van der Waals surface area contributed by atoms with Gasteiger partial charge in [0, 0.05) is 12.3 Å². The van der Waals surface area contributed by atoms with E-state index < -0.39 is 5.97 Å². The van der Waals surface area contributed by atoms with E-state index in [0.717, 1.165) is 0 Å². The number of hydrogen-bond donors (Lipinski definition) is 1. The Balaban J connectivity index is 3.27. The summed E-state index contributed by atoms with van der Waals surface area (Å²) in [6, 6.07) is 3.33. The van der Waals surface area contributed by atoms with Crippen LogP contribution in [0.1, 0.15) is 10.5 Å². The highest BCUT2D eigenvalue weighted by Crippen LogP contribution is 2.13. The third-order valence-electron chi connectivity index (χ3n) is 1.40. The second-order valence-electron chi connectivity index (χ2n) is 2.37. The fraction of sp³-hybridized carbons (Fsp3) is 0.125. The van der Waals surface area contributed by atoms with Gasteiger partial charge in [-0.25, -0.2) is 14.4 Å². The molecule has 0 fully saturated rings. The molecular weight excluding hydrogens is 156 g/mol. The molecule has 0 aromatic carbocycles.